The van der Waals surface area contributed by atoms with Gasteiger partial charge in [-0.3, -0.25) is 0 Å². The van der Waals surface area contributed by atoms with E-state index >= 15 is 0 Å². The molecular weight excluding hydrogens is 214 g/mol. The summed E-state index contributed by atoms with van der Waals surface area (Å²) in [5.74, 6) is 0. The number of carbonyl (C=O) groups is 1. The summed E-state index contributed by atoms with van der Waals surface area (Å²) in [6.45, 7) is 6.03. The molecule has 17 heavy (non-hydrogen) atoms. The molecule has 0 aromatic rings. The topological polar surface area (TPSA) is 44.4 Å². The molecule has 4 heteroatoms. The largest absolute Gasteiger partial charge is 0.333 e. The molecule has 0 bridgehead atoms. The Morgan fingerprint density at radius 2 is 1.71 bits per heavy atom. The first-order valence-electron chi connectivity index (χ1n) is 6.55. The van der Waals surface area contributed by atoms with Crippen molar-refractivity contribution in [2.75, 3.05) is 14.1 Å². The quantitative estimate of drug-likeness (QED) is 0.776. The van der Waals surface area contributed by atoms with Crippen LogP contribution < -0.4 is 10.6 Å². The van der Waals surface area contributed by atoms with Gasteiger partial charge in [-0.2, -0.15) is 0 Å². The third kappa shape index (κ3) is 4.54. The van der Waals surface area contributed by atoms with Gasteiger partial charge in [0.2, 0.25) is 0 Å². The van der Waals surface area contributed by atoms with E-state index in [2.05, 4.69) is 10.6 Å². The van der Waals surface area contributed by atoms with Crippen molar-refractivity contribution in [1.82, 2.24) is 15.5 Å². The fourth-order valence-electron chi connectivity index (χ4n) is 2.33. The van der Waals surface area contributed by atoms with E-state index < -0.39 is 0 Å². The summed E-state index contributed by atoms with van der Waals surface area (Å²) < 4.78 is 0. The summed E-state index contributed by atoms with van der Waals surface area (Å²) in [7, 11) is 3.92. The summed E-state index contributed by atoms with van der Waals surface area (Å²) in [5.41, 5.74) is -0.159. The van der Waals surface area contributed by atoms with Gasteiger partial charge in [-0.25, -0.2) is 4.79 Å². The van der Waals surface area contributed by atoms with E-state index in [0.29, 0.717) is 12.1 Å². The molecule has 0 saturated heterocycles. The van der Waals surface area contributed by atoms with Gasteiger partial charge in [-0.1, -0.05) is 0 Å². The summed E-state index contributed by atoms with van der Waals surface area (Å²) in [5, 5.41) is 6.32. The number of carbonyl (C=O) groups excluding carboxylic acids is 1. The molecule has 1 fully saturated rings. The van der Waals surface area contributed by atoms with Gasteiger partial charge in [0.1, 0.15) is 0 Å². The Labute approximate surface area is 105 Å². The molecular formula is C13H27N3O. The zero-order valence-corrected chi connectivity index (χ0v) is 11.8. The molecule has 0 atom stereocenters. The van der Waals surface area contributed by atoms with Crippen LogP contribution in [0, 0.1) is 0 Å². The van der Waals surface area contributed by atoms with Gasteiger partial charge in [0.15, 0.2) is 0 Å². The van der Waals surface area contributed by atoms with E-state index in [-0.39, 0.29) is 11.6 Å². The second-order valence-corrected chi connectivity index (χ2v) is 6.09. The second-order valence-electron chi connectivity index (χ2n) is 6.09. The van der Waals surface area contributed by atoms with E-state index in [1.807, 2.05) is 39.8 Å². The average molecular weight is 241 g/mol. The van der Waals surface area contributed by atoms with Crippen molar-refractivity contribution in [1.29, 1.82) is 0 Å². The first-order valence-corrected chi connectivity index (χ1v) is 6.55. The minimum Gasteiger partial charge on any atom is -0.333 e. The standard InChI is InChI=1S/C13H27N3O/c1-13(2,3)15-12(17)16(5)11-8-6-10(14-4)7-9-11/h10-11,14H,6-9H2,1-5H3,(H,15,17). The van der Waals surface area contributed by atoms with Crippen LogP contribution in [0.5, 0.6) is 0 Å². The Hall–Kier alpha value is -0.770. The van der Waals surface area contributed by atoms with Gasteiger partial charge >= 0.3 is 6.03 Å². The lowest BCUT2D eigenvalue weighted by Crippen LogP contribution is -2.51. The Morgan fingerprint density at radius 1 is 1.18 bits per heavy atom. The van der Waals surface area contributed by atoms with Gasteiger partial charge in [0, 0.05) is 24.7 Å². The Morgan fingerprint density at radius 3 is 2.12 bits per heavy atom. The summed E-state index contributed by atoms with van der Waals surface area (Å²) in [4.78, 5) is 13.9. The predicted molar refractivity (Wildman–Crippen MR) is 71.2 cm³/mol. The molecule has 2 N–H and O–H groups in total. The van der Waals surface area contributed by atoms with E-state index in [4.69, 9.17) is 0 Å². The van der Waals surface area contributed by atoms with Crippen LogP contribution in [0.15, 0.2) is 0 Å². The van der Waals surface area contributed by atoms with Gasteiger partial charge < -0.3 is 15.5 Å². The molecule has 0 heterocycles. The van der Waals surface area contributed by atoms with Crippen LogP contribution in [-0.2, 0) is 0 Å². The Kier molecular flexibility index (Phi) is 4.80. The van der Waals surface area contributed by atoms with Crippen molar-refractivity contribution >= 4 is 6.03 Å². The maximum absolute atomic E-state index is 12.0. The molecule has 4 nitrogen and oxygen atoms in total. The molecule has 0 unspecified atom stereocenters. The molecule has 1 rings (SSSR count). The highest BCUT2D eigenvalue weighted by Gasteiger charge is 2.27. The van der Waals surface area contributed by atoms with Gasteiger partial charge in [0.25, 0.3) is 0 Å². The molecule has 100 valence electrons. The number of nitrogens with zero attached hydrogens (tertiary/aromatic N) is 1. The number of rotatable bonds is 2. The molecule has 0 aliphatic heterocycles. The fourth-order valence-corrected chi connectivity index (χ4v) is 2.33. The van der Waals surface area contributed by atoms with Crippen molar-refractivity contribution in [3.05, 3.63) is 0 Å². The lowest BCUT2D eigenvalue weighted by atomic mass is 9.90. The van der Waals surface area contributed by atoms with E-state index in [1.165, 1.54) is 0 Å². The minimum absolute atomic E-state index is 0.0467. The van der Waals surface area contributed by atoms with Crippen LogP contribution in [-0.4, -0.2) is 42.6 Å². The van der Waals surface area contributed by atoms with Crippen LogP contribution in [0.3, 0.4) is 0 Å². The summed E-state index contributed by atoms with van der Waals surface area (Å²) in [6, 6.07) is 1.07. The van der Waals surface area contributed by atoms with Crippen molar-refractivity contribution < 1.29 is 4.79 Å². The average Bonchev–Trinajstić information content (AvgIpc) is 2.26. The molecule has 0 spiro atoms. The second kappa shape index (κ2) is 5.71. The van der Waals surface area contributed by atoms with Gasteiger partial charge in [0.05, 0.1) is 0 Å². The summed E-state index contributed by atoms with van der Waals surface area (Å²) in [6.07, 6.45) is 4.52. The molecule has 1 aliphatic carbocycles. The maximum Gasteiger partial charge on any atom is 0.317 e. The number of nitrogens with one attached hydrogen (secondary N) is 2. The number of urea groups is 1. The van der Waals surface area contributed by atoms with Crippen LogP contribution >= 0.6 is 0 Å². The smallest absolute Gasteiger partial charge is 0.317 e. The highest BCUT2D eigenvalue weighted by Crippen LogP contribution is 2.22. The lowest BCUT2D eigenvalue weighted by molar-refractivity contribution is 0.160. The van der Waals surface area contributed by atoms with E-state index in [9.17, 15) is 4.79 Å². The van der Waals surface area contributed by atoms with Crippen LogP contribution in [0.2, 0.25) is 0 Å². The van der Waals surface area contributed by atoms with Crippen molar-refractivity contribution in [2.45, 2.75) is 64.1 Å². The molecule has 0 aromatic heterocycles. The number of amides is 2. The highest BCUT2D eigenvalue weighted by atomic mass is 16.2. The number of hydrogen-bond acceptors (Lipinski definition) is 2. The normalized spacial score (nSPS) is 25.5. The Bertz CT molecular complexity index is 252. The Balaban J connectivity index is 2.43. The van der Waals surface area contributed by atoms with Crippen LogP contribution in [0.25, 0.3) is 0 Å². The van der Waals surface area contributed by atoms with Gasteiger partial charge in [-0.15, -0.1) is 0 Å². The highest BCUT2D eigenvalue weighted by molar-refractivity contribution is 5.75. The van der Waals surface area contributed by atoms with Crippen LogP contribution in [0.4, 0.5) is 4.79 Å². The molecule has 2 amide bonds. The molecule has 0 aromatic carbocycles. The first kappa shape index (κ1) is 14.3. The van der Waals surface area contributed by atoms with Crippen molar-refractivity contribution in [3.8, 4) is 0 Å². The van der Waals surface area contributed by atoms with E-state index in [0.717, 1.165) is 25.7 Å². The predicted octanol–water partition coefficient (Wildman–Crippen LogP) is 1.96. The number of hydrogen-bond donors (Lipinski definition) is 2. The monoisotopic (exact) mass is 241 g/mol. The zero-order valence-electron chi connectivity index (χ0n) is 11.8. The lowest BCUT2D eigenvalue weighted by Gasteiger charge is -2.36. The maximum atomic E-state index is 12.0. The molecule has 0 radical (unpaired) electrons. The fraction of sp³-hybridized carbons (Fsp3) is 0.923. The van der Waals surface area contributed by atoms with Crippen molar-refractivity contribution in [3.63, 3.8) is 0 Å². The van der Waals surface area contributed by atoms with E-state index in [1.54, 1.807) is 0 Å². The third-order valence-electron chi connectivity index (χ3n) is 3.45. The molecule has 1 aliphatic rings. The zero-order chi connectivity index (χ0) is 13.1. The minimum atomic E-state index is -0.159. The summed E-state index contributed by atoms with van der Waals surface area (Å²) >= 11 is 0. The molecule has 1 saturated carbocycles. The van der Waals surface area contributed by atoms with Crippen LogP contribution in [0.1, 0.15) is 46.5 Å². The third-order valence-corrected chi connectivity index (χ3v) is 3.45. The van der Waals surface area contributed by atoms with Gasteiger partial charge in [-0.05, 0) is 53.5 Å². The van der Waals surface area contributed by atoms with Crippen molar-refractivity contribution in [2.24, 2.45) is 0 Å². The SMILES string of the molecule is CNC1CCC(N(C)C(=O)NC(C)(C)C)CC1. The first-order chi connectivity index (χ1) is 7.83.